The number of benzene rings is 3. The van der Waals surface area contributed by atoms with Crippen LogP contribution in [0.4, 0.5) is 15.9 Å². The van der Waals surface area contributed by atoms with E-state index in [2.05, 4.69) is 36.8 Å². The summed E-state index contributed by atoms with van der Waals surface area (Å²) in [5, 5.41) is 14.5. The summed E-state index contributed by atoms with van der Waals surface area (Å²) < 4.78 is 13.8. The summed E-state index contributed by atoms with van der Waals surface area (Å²) in [5.74, 6) is 0.0125. The lowest BCUT2D eigenvalue weighted by Gasteiger charge is -2.10. The van der Waals surface area contributed by atoms with E-state index in [0.29, 0.717) is 15.9 Å². The van der Waals surface area contributed by atoms with Gasteiger partial charge in [-0.1, -0.05) is 58.4 Å². The Morgan fingerprint density at radius 2 is 1.74 bits per heavy atom. The van der Waals surface area contributed by atoms with Gasteiger partial charge in [0.1, 0.15) is 5.82 Å². The fourth-order valence-electron chi connectivity index (χ4n) is 2.99. The van der Waals surface area contributed by atoms with E-state index < -0.39 is 0 Å². The van der Waals surface area contributed by atoms with Crippen molar-refractivity contribution in [1.29, 1.82) is 0 Å². The van der Waals surface area contributed by atoms with Crippen LogP contribution >= 0.6 is 15.9 Å². The van der Waals surface area contributed by atoms with Crippen LogP contribution in [0.15, 0.2) is 89.4 Å². The van der Waals surface area contributed by atoms with Gasteiger partial charge in [0.15, 0.2) is 5.82 Å². The number of amides is 1. The second-order valence-corrected chi connectivity index (χ2v) is 7.65. The quantitative estimate of drug-likeness (QED) is 0.373. The summed E-state index contributed by atoms with van der Waals surface area (Å²) in [4.78, 5) is 12.5. The van der Waals surface area contributed by atoms with Gasteiger partial charge in [0.25, 0.3) is 5.91 Å². The number of nitrogens with one attached hydrogen (secondary N) is 2. The number of rotatable bonds is 6. The molecule has 0 aliphatic carbocycles. The highest BCUT2D eigenvalue weighted by Crippen LogP contribution is 2.20. The molecule has 0 saturated carbocycles. The summed E-state index contributed by atoms with van der Waals surface area (Å²) >= 11 is 3.31. The molecule has 7 heteroatoms. The fraction of sp³-hybridized carbons (Fsp3) is 0.0417. The molecule has 31 heavy (non-hydrogen) atoms. The predicted molar refractivity (Wildman–Crippen MR) is 122 cm³/mol. The zero-order valence-corrected chi connectivity index (χ0v) is 17.9. The molecule has 3 aromatic carbocycles. The first-order chi connectivity index (χ1) is 15.1. The third-order valence-corrected chi connectivity index (χ3v) is 5.32. The van der Waals surface area contributed by atoms with Crippen LogP contribution in [0, 0.1) is 5.82 Å². The number of aromatic nitrogens is 2. The molecule has 4 rings (SSSR count). The van der Waals surface area contributed by atoms with Crippen molar-refractivity contribution in [3.05, 3.63) is 106 Å². The van der Waals surface area contributed by atoms with Crippen LogP contribution in [0.2, 0.25) is 0 Å². The number of halogens is 2. The first kappa shape index (κ1) is 20.7. The third-order valence-electron chi connectivity index (χ3n) is 4.59. The van der Waals surface area contributed by atoms with Crippen molar-refractivity contribution in [2.45, 2.75) is 6.54 Å². The van der Waals surface area contributed by atoms with Gasteiger partial charge in [-0.2, -0.15) is 0 Å². The van der Waals surface area contributed by atoms with Crippen molar-refractivity contribution >= 4 is 33.3 Å². The maximum Gasteiger partial charge on any atom is 0.251 e. The minimum absolute atomic E-state index is 0.231. The van der Waals surface area contributed by atoms with E-state index in [1.54, 1.807) is 24.3 Å². The number of hydrogen-bond donors (Lipinski definition) is 2. The van der Waals surface area contributed by atoms with Crippen molar-refractivity contribution in [3.63, 3.8) is 0 Å². The number of anilines is 2. The van der Waals surface area contributed by atoms with Crippen LogP contribution < -0.4 is 10.6 Å². The third kappa shape index (κ3) is 5.32. The predicted octanol–water partition coefficient (Wildman–Crippen LogP) is 5.72. The Morgan fingerprint density at radius 1 is 0.903 bits per heavy atom. The van der Waals surface area contributed by atoms with E-state index in [1.807, 2.05) is 48.5 Å². The molecule has 1 aromatic heterocycles. The topological polar surface area (TPSA) is 66.9 Å². The smallest absolute Gasteiger partial charge is 0.251 e. The van der Waals surface area contributed by atoms with Gasteiger partial charge in [-0.3, -0.25) is 4.79 Å². The lowest BCUT2D eigenvalue weighted by Crippen LogP contribution is -2.23. The fourth-order valence-corrected chi connectivity index (χ4v) is 3.48. The van der Waals surface area contributed by atoms with Crippen LogP contribution in [0.3, 0.4) is 0 Å². The molecule has 0 bridgehead atoms. The first-order valence-corrected chi connectivity index (χ1v) is 10.4. The van der Waals surface area contributed by atoms with Gasteiger partial charge in [0.2, 0.25) is 0 Å². The summed E-state index contributed by atoms with van der Waals surface area (Å²) in [6, 6.07) is 25.0. The van der Waals surface area contributed by atoms with Crippen LogP contribution in [0.5, 0.6) is 0 Å². The van der Waals surface area contributed by atoms with Crippen molar-refractivity contribution in [2.75, 3.05) is 5.32 Å². The minimum Gasteiger partial charge on any atom is -0.348 e. The van der Waals surface area contributed by atoms with Gasteiger partial charge in [-0.15, -0.1) is 10.2 Å². The molecule has 1 amide bonds. The molecular formula is C24H18BrFN4O. The van der Waals surface area contributed by atoms with Gasteiger partial charge in [-0.05, 0) is 48.0 Å². The maximum atomic E-state index is 13.2. The van der Waals surface area contributed by atoms with E-state index in [0.717, 1.165) is 22.5 Å². The van der Waals surface area contributed by atoms with Crippen LogP contribution in [-0.4, -0.2) is 16.1 Å². The summed E-state index contributed by atoms with van der Waals surface area (Å²) in [7, 11) is 0. The average Bonchev–Trinajstić information content (AvgIpc) is 2.79. The lowest BCUT2D eigenvalue weighted by molar-refractivity contribution is 0.0951. The molecule has 0 spiro atoms. The van der Waals surface area contributed by atoms with Gasteiger partial charge in [-0.25, -0.2) is 4.39 Å². The zero-order valence-electron chi connectivity index (χ0n) is 16.3. The second kappa shape index (κ2) is 9.49. The van der Waals surface area contributed by atoms with Crippen molar-refractivity contribution in [2.24, 2.45) is 0 Å². The van der Waals surface area contributed by atoms with Crippen molar-refractivity contribution < 1.29 is 9.18 Å². The molecule has 0 aliphatic rings. The molecule has 0 unspecified atom stereocenters. The van der Waals surface area contributed by atoms with Gasteiger partial charge in [0, 0.05) is 27.8 Å². The van der Waals surface area contributed by atoms with E-state index in [-0.39, 0.29) is 18.3 Å². The standard InChI is InChI=1S/C24H18BrFN4O/c25-21-14-19(26)10-9-18(21)15-27-24(31)17-7-4-8-20(13-17)28-23-12-11-22(29-30-23)16-5-2-1-3-6-16/h1-14H,15H2,(H,27,31)(H,28,30). The Morgan fingerprint density at radius 3 is 2.48 bits per heavy atom. The molecule has 0 aliphatic heterocycles. The molecule has 154 valence electrons. The second-order valence-electron chi connectivity index (χ2n) is 6.79. The number of hydrogen-bond acceptors (Lipinski definition) is 4. The van der Waals surface area contributed by atoms with Crippen molar-refractivity contribution in [1.82, 2.24) is 15.5 Å². The van der Waals surface area contributed by atoms with Crippen LogP contribution in [0.25, 0.3) is 11.3 Å². The maximum absolute atomic E-state index is 13.2. The Hall–Kier alpha value is -3.58. The highest BCUT2D eigenvalue weighted by atomic mass is 79.9. The number of carbonyl (C=O) groups is 1. The minimum atomic E-state index is -0.333. The Labute approximate surface area is 187 Å². The molecule has 0 atom stereocenters. The molecule has 0 radical (unpaired) electrons. The highest BCUT2D eigenvalue weighted by molar-refractivity contribution is 9.10. The van der Waals surface area contributed by atoms with Crippen LogP contribution in [0.1, 0.15) is 15.9 Å². The molecule has 4 aromatic rings. The number of carbonyl (C=O) groups excluding carboxylic acids is 1. The summed E-state index contributed by atoms with van der Waals surface area (Å²) in [6.45, 7) is 0.282. The van der Waals surface area contributed by atoms with E-state index in [4.69, 9.17) is 0 Å². The molecule has 5 nitrogen and oxygen atoms in total. The normalized spacial score (nSPS) is 10.5. The molecular weight excluding hydrogens is 459 g/mol. The Bertz CT molecular complexity index is 1200. The molecule has 2 N–H and O–H groups in total. The van der Waals surface area contributed by atoms with Crippen LogP contribution in [-0.2, 0) is 6.54 Å². The largest absolute Gasteiger partial charge is 0.348 e. The Kier molecular flexibility index (Phi) is 6.33. The first-order valence-electron chi connectivity index (χ1n) is 9.57. The van der Waals surface area contributed by atoms with E-state index >= 15 is 0 Å². The molecule has 0 fully saturated rings. The highest BCUT2D eigenvalue weighted by Gasteiger charge is 2.09. The average molecular weight is 477 g/mol. The zero-order chi connectivity index (χ0) is 21.6. The summed E-state index contributed by atoms with van der Waals surface area (Å²) in [6.07, 6.45) is 0. The van der Waals surface area contributed by atoms with E-state index in [1.165, 1.54) is 12.1 Å². The number of nitrogens with zero attached hydrogens (tertiary/aromatic N) is 2. The monoisotopic (exact) mass is 476 g/mol. The van der Waals surface area contributed by atoms with Gasteiger partial charge >= 0.3 is 0 Å². The van der Waals surface area contributed by atoms with E-state index in [9.17, 15) is 9.18 Å². The van der Waals surface area contributed by atoms with Crippen molar-refractivity contribution in [3.8, 4) is 11.3 Å². The summed E-state index contributed by atoms with van der Waals surface area (Å²) in [5.41, 5.74) is 3.78. The Balaban J connectivity index is 1.41. The van der Waals surface area contributed by atoms with Gasteiger partial charge in [0.05, 0.1) is 5.69 Å². The van der Waals surface area contributed by atoms with Gasteiger partial charge < -0.3 is 10.6 Å². The SMILES string of the molecule is O=C(NCc1ccc(F)cc1Br)c1cccc(Nc2ccc(-c3ccccc3)nn2)c1. The molecule has 0 saturated heterocycles. The lowest BCUT2D eigenvalue weighted by atomic mass is 10.1. The molecule has 1 heterocycles.